The van der Waals surface area contributed by atoms with Crippen LogP contribution in [0.5, 0.6) is 0 Å². The van der Waals surface area contributed by atoms with E-state index in [0.29, 0.717) is 16.6 Å². The van der Waals surface area contributed by atoms with Gasteiger partial charge in [0.05, 0.1) is 22.3 Å². The highest BCUT2D eigenvalue weighted by Gasteiger charge is 2.09. The van der Waals surface area contributed by atoms with E-state index in [2.05, 4.69) is 15.6 Å². The van der Waals surface area contributed by atoms with Crippen molar-refractivity contribution in [3.8, 4) is 0 Å². The van der Waals surface area contributed by atoms with E-state index >= 15 is 0 Å². The molecular weight excluding hydrogens is 198 g/mol. The Morgan fingerprint density at radius 2 is 2.27 bits per heavy atom. The molecule has 0 saturated heterocycles. The highest BCUT2D eigenvalue weighted by Crippen LogP contribution is 2.24. The molecular formula is C8H7N5O2. The number of nitrogen functional groups attached to an aromatic ring is 1. The quantitative estimate of drug-likeness (QED) is 0.427. The van der Waals surface area contributed by atoms with E-state index in [9.17, 15) is 10.1 Å². The SMILES string of the molecule is NNc1cnnc2ccc([N+](=O)[O-])cc12. The molecule has 0 spiro atoms. The smallest absolute Gasteiger partial charge is 0.270 e. The lowest BCUT2D eigenvalue weighted by atomic mass is 10.2. The lowest BCUT2D eigenvalue weighted by Gasteiger charge is -2.02. The van der Waals surface area contributed by atoms with Crippen molar-refractivity contribution in [1.82, 2.24) is 10.2 Å². The lowest BCUT2D eigenvalue weighted by molar-refractivity contribution is -0.384. The van der Waals surface area contributed by atoms with E-state index < -0.39 is 4.92 Å². The molecule has 2 aromatic rings. The second-order valence-electron chi connectivity index (χ2n) is 2.86. The molecule has 1 heterocycles. The van der Waals surface area contributed by atoms with Crippen LogP contribution in [-0.4, -0.2) is 15.1 Å². The van der Waals surface area contributed by atoms with Crippen LogP contribution in [0.1, 0.15) is 0 Å². The van der Waals surface area contributed by atoms with Crippen LogP contribution in [0.2, 0.25) is 0 Å². The van der Waals surface area contributed by atoms with Crippen LogP contribution in [-0.2, 0) is 0 Å². The molecule has 7 heteroatoms. The fourth-order valence-electron chi connectivity index (χ4n) is 1.27. The molecule has 15 heavy (non-hydrogen) atoms. The van der Waals surface area contributed by atoms with Gasteiger partial charge in [-0.25, -0.2) is 0 Å². The molecule has 1 aromatic heterocycles. The number of nitrogens with one attached hydrogen (secondary N) is 1. The third kappa shape index (κ3) is 1.55. The molecule has 2 rings (SSSR count). The molecule has 0 aliphatic heterocycles. The van der Waals surface area contributed by atoms with Gasteiger partial charge in [-0.2, -0.15) is 10.2 Å². The number of nitro benzene ring substituents is 1. The molecule has 3 N–H and O–H groups in total. The van der Waals surface area contributed by atoms with Gasteiger partial charge >= 0.3 is 0 Å². The average Bonchev–Trinajstić information content (AvgIpc) is 2.27. The zero-order chi connectivity index (χ0) is 10.8. The van der Waals surface area contributed by atoms with E-state index in [1.165, 1.54) is 24.4 Å². The molecule has 7 nitrogen and oxygen atoms in total. The Hall–Kier alpha value is -2.28. The topological polar surface area (TPSA) is 107 Å². The summed E-state index contributed by atoms with van der Waals surface area (Å²) in [7, 11) is 0. The van der Waals surface area contributed by atoms with Crippen molar-refractivity contribution in [3.05, 3.63) is 34.5 Å². The predicted octanol–water partition coefficient (Wildman–Crippen LogP) is 0.824. The zero-order valence-corrected chi connectivity index (χ0v) is 7.54. The first-order valence-corrected chi connectivity index (χ1v) is 4.09. The number of anilines is 1. The Balaban J connectivity index is 2.72. The number of benzene rings is 1. The first-order valence-electron chi connectivity index (χ1n) is 4.09. The summed E-state index contributed by atoms with van der Waals surface area (Å²) in [5.41, 5.74) is 3.46. The molecule has 0 atom stereocenters. The summed E-state index contributed by atoms with van der Waals surface area (Å²) in [5.74, 6) is 5.25. The van der Waals surface area contributed by atoms with Crippen LogP contribution in [0.3, 0.4) is 0 Å². The maximum absolute atomic E-state index is 10.6. The summed E-state index contributed by atoms with van der Waals surface area (Å²) in [4.78, 5) is 10.1. The Morgan fingerprint density at radius 1 is 1.47 bits per heavy atom. The standard InChI is InChI=1S/C8H7N5O2/c9-11-8-4-10-12-7-2-1-5(13(14)15)3-6(7)8/h1-4H,9H2,(H,11,12). The summed E-state index contributed by atoms with van der Waals surface area (Å²) >= 11 is 0. The van der Waals surface area contributed by atoms with Crippen LogP contribution in [0.25, 0.3) is 10.9 Å². The largest absolute Gasteiger partial charge is 0.322 e. The molecule has 0 bridgehead atoms. The van der Waals surface area contributed by atoms with Gasteiger partial charge in [-0.1, -0.05) is 0 Å². The van der Waals surface area contributed by atoms with E-state index in [1.54, 1.807) is 0 Å². The predicted molar refractivity (Wildman–Crippen MR) is 54.0 cm³/mol. The van der Waals surface area contributed by atoms with Crippen LogP contribution < -0.4 is 11.3 Å². The van der Waals surface area contributed by atoms with Crippen molar-refractivity contribution in [2.75, 3.05) is 5.43 Å². The molecule has 0 aliphatic carbocycles. The Bertz CT molecular complexity index is 527. The first-order chi connectivity index (χ1) is 7.22. The second kappa shape index (κ2) is 3.46. The second-order valence-corrected chi connectivity index (χ2v) is 2.86. The number of hydrogen-bond acceptors (Lipinski definition) is 6. The third-order valence-corrected chi connectivity index (χ3v) is 1.99. The average molecular weight is 205 g/mol. The van der Waals surface area contributed by atoms with Gasteiger partial charge in [0.25, 0.3) is 5.69 Å². The normalized spacial score (nSPS) is 10.2. The van der Waals surface area contributed by atoms with Gasteiger partial charge in [-0.05, 0) is 6.07 Å². The van der Waals surface area contributed by atoms with Crippen molar-refractivity contribution >= 4 is 22.3 Å². The maximum Gasteiger partial charge on any atom is 0.270 e. The highest BCUT2D eigenvalue weighted by atomic mass is 16.6. The van der Waals surface area contributed by atoms with E-state index in [1.807, 2.05) is 0 Å². The minimum Gasteiger partial charge on any atom is -0.322 e. The monoisotopic (exact) mass is 205 g/mol. The van der Waals surface area contributed by atoms with Crippen molar-refractivity contribution < 1.29 is 4.92 Å². The van der Waals surface area contributed by atoms with E-state index in [-0.39, 0.29) is 5.69 Å². The Labute approximate surface area is 84.0 Å². The maximum atomic E-state index is 10.6. The van der Waals surface area contributed by atoms with Gasteiger partial charge in [0.15, 0.2) is 0 Å². The molecule has 0 amide bonds. The van der Waals surface area contributed by atoms with Gasteiger partial charge in [0.1, 0.15) is 0 Å². The minimum atomic E-state index is -0.472. The van der Waals surface area contributed by atoms with Gasteiger partial charge in [0, 0.05) is 17.5 Å². The van der Waals surface area contributed by atoms with Crippen molar-refractivity contribution in [3.63, 3.8) is 0 Å². The molecule has 1 aromatic carbocycles. The molecule has 0 fully saturated rings. The summed E-state index contributed by atoms with van der Waals surface area (Å²) in [6.45, 7) is 0. The summed E-state index contributed by atoms with van der Waals surface area (Å²) < 4.78 is 0. The van der Waals surface area contributed by atoms with Gasteiger partial charge in [-0.3, -0.25) is 16.0 Å². The van der Waals surface area contributed by atoms with Crippen LogP contribution in [0.4, 0.5) is 11.4 Å². The number of aromatic nitrogens is 2. The van der Waals surface area contributed by atoms with Crippen molar-refractivity contribution in [2.24, 2.45) is 5.84 Å². The summed E-state index contributed by atoms with van der Waals surface area (Å²) in [5, 5.41) is 18.7. The summed E-state index contributed by atoms with van der Waals surface area (Å²) in [6.07, 6.45) is 1.41. The molecule has 76 valence electrons. The zero-order valence-electron chi connectivity index (χ0n) is 7.54. The molecule has 0 aliphatic rings. The Kier molecular flexibility index (Phi) is 2.14. The summed E-state index contributed by atoms with van der Waals surface area (Å²) in [6, 6.07) is 4.30. The fourth-order valence-corrected chi connectivity index (χ4v) is 1.27. The Morgan fingerprint density at radius 3 is 2.93 bits per heavy atom. The van der Waals surface area contributed by atoms with E-state index in [0.717, 1.165) is 0 Å². The van der Waals surface area contributed by atoms with E-state index in [4.69, 9.17) is 5.84 Å². The number of non-ortho nitro benzene ring substituents is 1. The number of hydrazine groups is 1. The lowest BCUT2D eigenvalue weighted by Crippen LogP contribution is -2.08. The fraction of sp³-hybridized carbons (Fsp3) is 0. The number of nitro groups is 1. The molecule has 0 unspecified atom stereocenters. The van der Waals surface area contributed by atoms with Crippen LogP contribution in [0, 0.1) is 10.1 Å². The molecule has 0 radical (unpaired) electrons. The van der Waals surface area contributed by atoms with Crippen LogP contribution >= 0.6 is 0 Å². The number of hydrogen-bond donors (Lipinski definition) is 2. The van der Waals surface area contributed by atoms with Gasteiger partial charge in [0.2, 0.25) is 0 Å². The van der Waals surface area contributed by atoms with Crippen molar-refractivity contribution in [2.45, 2.75) is 0 Å². The van der Waals surface area contributed by atoms with Gasteiger partial charge in [-0.15, -0.1) is 0 Å². The third-order valence-electron chi connectivity index (χ3n) is 1.99. The highest BCUT2D eigenvalue weighted by molar-refractivity contribution is 5.91. The van der Waals surface area contributed by atoms with Crippen molar-refractivity contribution in [1.29, 1.82) is 0 Å². The molecule has 0 saturated carbocycles. The van der Waals surface area contributed by atoms with Crippen LogP contribution in [0.15, 0.2) is 24.4 Å². The minimum absolute atomic E-state index is 0.00741. The first kappa shape index (κ1) is 9.28. The number of fused-ring (bicyclic) bond motifs is 1. The number of nitrogens with two attached hydrogens (primary N) is 1. The van der Waals surface area contributed by atoms with Gasteiger partial charge < -0.3 is 5.43 Å². The number of nitrogens with zero attached hydrogens (tertiary/aromatic N) is 3. The number of rotatable bonds is 2.